The smallest absolute Gasteiger partial charge is 0.317 e. The number of benzene rings is 1. The van der Waals surface area contributed by atoms with E-state index in [9.17, 15) is 4.79 Å². The zero-order chi connectivity index (χ0) is 16.7. The number of halogens is 1. The highest BCUT2D eigenvalue weighted by Gasteiger charge is 2.15. The molecule has 0 spiro atoms. The molecule has 1 atom stereocenters. The van der Waals surface area contributed by atoms with E-state index in [-0.39, 0.29) is 12.1 Å². The Morgan fingerprint density at radius 3 is 2.91 bits per heavy atom. The first-order valence-corrected chi connectivity index (χ1v) is 7.50. The van der Waals surface area contributed by atoms with Crippen molar-refractivity contribution in [3.05, 3.63) is 59.1 Å². The van der Waals surface area contributed by atoms with Crippen LogP contribution in [-0.4, -0.2) is 41.6 Å². The van der Waals surface area contributed by atoms with E-state index in [1.54, 1.807) is 38.8 Å². The number of rotatable bonds is 6. The predicted molar refractivity (Wildman–Crippen MR) is 88.1 cm³/mol. The van der Waals surface area contributed by atoms with Gasteiger partial charge in [0.05, 0.1) is 24.5 Å². The lowest BCUT2D eigenvalue weighted by molar-refractivity contribution is 0.102. The van der Waals surface area contributed by atoms with Gasteiger partial charge >= 0.3 is 6.03 Å². The van der Waals surface area contributed by atoms with Crippen LogP contribution in [0.15, 0.2) is 42.9 Å². The second-order valence-electron chi connectivity index (χ2n) is 5.02. The van der Waals surface area contributed by atoms with Crippen molar-refractivity contribution >= 4 is 17.6 Å². The standard InChI is InChI=1S/C16H19ClN4O2/c1-21(11-14-9-18-6-7-19-14)16(22)20-10-15(23-2)12-4-3-5-13(17)8-12/h3-9,15H,10-11H2,1-2H3,(H,20,22)/t15-/m1/s1. The lowest BCUT2D eigenvalue weighted by Gasteiger charge is -2.21. The number of hydrogen-bond donors (Lipinski definition) is 1. The van der Waals surface area contributed by atoms with Crippen molar-refractivity contribution in [3.8, 4) is 0 Å². The molecule has 1 aromatic carbocycles. The van der Waals surface area contributed by atoms with E-state index in [2.05, 4.69) is 15.3 Å². The average molecular weight is 335 g/mol. The molecule has 0 bridgehead atoms. The van der Waals surface area contributed by atoms with Crippen molar-refractivity contribution in [2.75, 3.05) is 20.7 Å². The fourth-order valence-electron chi connectivity index (χ4n) is 2.09. The van der Waals surface area contributed by atoms with Gasteiger partial charge in [-0.25, -0.2) is 4.79 Å². The summed E-state index contributed by atoms with van der Waals surface area (Å²) in [6, 6.07) is 7.18. The van der Waals surface area contributed by atoms with Gasteiger partial charge in [-0.15, -0.1) is 0 Å². The molecule has 0 unspecified atom stereocenters. The van der Waals surface area contributed by atoms with E-state index in [4.69, 9.17) is 16.3 Å². The second-order valence-corrected chi connectivity index (χ2v) is 5.45. The Morgan fingerprint density at radius 2 is 2.26 bits per heavy atom. The van der Waals surface area contributed by atoms with Crippen LogP contribution in [0.25, 0.3) is 0 Å². The van der Waals surface area contributed by atoms with Crippen molar-refractivity contribution < 1.29 is 9.53 Å². The zero-order valence-electron chi connectivity index (χ0n) is 13.1. The van der Waals surface area contributed by atoms with Crippen molar-refractivity contribution in [1.29, 1.82) is 0 Å². The van der Waals surface area contributed by atoms with Crippen LogP contribution in [0.5, 0.6) is 0 Å². The van der Waals surface area contributed by atoms with E-state index in [0.29, 0.717) is 18.1 Å². The summed E-state index contributed by atoms with van der Waals surface area (Å²) in [5.74, 6) is 0. The summed E-state index contributed by atoms with van der Waals surface area (Å²) in [5.41, 5.74) is 1.64. The first-order valence-electron chi connectivity index (χ1n) is 7.12. The van der Waals surface area contributed by atoms with Gasteiger partial charge in [-0.3, -0.25) is 9.97 Å². The maximum Gasteiger partial charge on any atom is 0.317 e. The van der Waals surface area contributed by atoms with E-state index in [0.717, 1.165) is 11.3 Å². The van der Waals surface area contributed by atoms with E-state index in [1.165, 1.54) is 4.90 Å². The van der Waals surface area contributed by atoms with Crippen LogP contribution in [-0.2, 0) is 11.3 Å². The number of methoxy groups -OCH3 is 1. The Labute approximate surface area is 140 Å². The number of nitrogens with zero attached hydrogens (tertiary/aromatic N) is 3. The minimum Gasteiger partial charge on any atom is -0.375 e. The highest BCUT2D eigenvalue weighted by Crippen LogP contribution is 2.19. The van der Waals surface area contributed by atoms with Crippen molar-refractivity contribution in [1.82, 2.24) is 20.2 Å². The van der Waals surface area contributed by atoms with Crippen molar-refractivity contribution in [3.63, 3.8) is 0 Å². The third kappa shape index (κ3) is 5.19. The lowest BCUT2D eigenvalue weighted by atomic mass is 10.1. The summed E-state index contributed by atoms with van der Waals surface area (Å²) >= 11 is 5.99. The summed E-state index contributed by atoms with van der Waals surface area (Å²) in [6.07, 6.45) is 4.56. The SMILES string of the molecule is CO[C@H](CNC(=O)N(C)Cc1cnccn1)c1cccc(Cl)c1. The molecule has 2 rings (SSSR count). The molecule has 1 aromatic heterocycles. The third-order valence-corrected chi connectivity index (χ3v) is 3.54. The van der Waals surface area contributed by atoms with Gasteiger partial charge < -0.3 is 15.0 Å². The fraction of sp³-hybridized carbons (Fsp3) is 0.312. The number of nitrogens with one attached hydrogen (secondary N) is 1. The van der Waals surface area contributed by atoms with Gasteiger partial charge in [0, 0.05) is 38.1 Å². The average Bonchev–Trinajstić information content (AvgIpc) is 2.56. The number of carbonyl (C=O) groups is 1. The predicted octanol–water partition coefficient (Wildman–Crippen LogP) is 2.66. The number of hydrogen-bond acceptors (Lipinski definition) is 4. The molecule has 0 saturated carbocycles. The molecule has 0 saturated heterocycles. The van der Waals surface area contributed by atoms with Crippen LogP contribution in [0.1, 0.15) is 17.4 Å². The summed E-state index contributed by atoms with van der Waals surface area (Å²) in [7, 11) is 3.30. The van der Waals surface area contributed by atoms with Crippen molar-refractivity contribution in [2.24, 2.45) is 0 Å². The van der Waals surface area contributed by atoms with Crippen LogP contribution in [0.2, 0.25) is 5.02 Å². The van der Waals surface area contributed by atoms with Crippen LogP contribution < -0.4 is 5.32 Å². The summed E-state index contributed by atoms with van der Waals surface area (Å²) in [4.78, 5) is 21.8. The quantitative estimate of drug-likeness (QED) is 0.882. The molecular formula is C16H19ClN4O2. The summed E-state index contributed by atoms with van der Waals surface area (Å²) in [5, 5.41) is 3.48. The van der Waals surface area contributed by atoms with Crippen molar-refractivity contribution in [2.45, 2.75) is 12.6 Å². The number of amides is 2. The van der Waals surface area contributed by atoms with Gasteiger partial charge in [0.2, 0.25) is 0 Å². The third-order valence-electron chi connectivity index (χ3n) is 3.31. The van der Waals surface area contributed by atoms with Gasteiger partial charge in [-0.1, -0.05) is 23.7 Å². The molecule has 122 valence electrons. The molecule has 2 amide bonds. The van der Waals surface area contributed by atoms with Crippen LogP contribution in [0.4, 0.5) is 4.79 Å². The highest BCUT2D eigenvalue weighted by atomic mass is 35.5. The van der Waals surface area contributed by atoms with Crippen LogP contribution in [0, 0.1) is 0 Å². The number of urea groups is 1. The Balaban J connectivity index is 1.89. The molecule has 2 aromatic rings. The molecule has 7 heteroatoms. The normalized spacial score (nSPS) is 11.8. The lowest BCUT2D eigenvalue weighted by Crippen LogP contribution is -2.39. The molecule has 1 N–H and O–H groups in total. The number of carbonyl (C=O) groups excluding carboxylic acids is 1. The molecule has 0 radical (unpaired) electrons. The monoisotopic (exact) mass is 334 g/mol. The Morgan fingerprint density at radius 1 is 1.43 bits per heavy atom. The molecule has 0 aliphatic rings. The Bertz CT molecular complexity index is 639. The van der Waals surface area contributed by atoms with E-state index >= 15 is 0 Å². The van der Waals surface area contributed by atoms with Gasteiger partial charge in [-0.2, -0.15) is 0 Å². The molecule has 6 nitrogen and oxygen atoms in total. The van der Waals surface area contributed by atoms with E-state index in [1.807, 2.05) is 18.2 Å². The van der Waals surface area contributed by atoms with Gasteiger partial charge in [0.15, 0.2) is 0 Å². The molecule has 0 aliphatic heterocycles. The molecule has 0 fully saturated rings. The van der Waals surface area contributed by atoms with Gasteiger partial charge in [0.25, 0.3) is 0 Å². The number of aromatic nitrogens is 2. The topological polar surface area (TPSA) is 67.3 Å². The van der Waals surface area contributed by atoms with Gasteiger partial charge in [-0.05, 0) is 17.7 Å². The largest absolute Gasteiger partial charge is 0.375 e. The number of ether oxygens (including phenoxy) is 1. The first-order chi connectivity index (χ1) is 11.1. The Kier molecular flexibility index (Phi) is 6.31. The van der Waals surface area contributed by atoms with Gasteiger partial charge in [0.1, 0.15) is 0 Å². The molecule has 23 heavy (non-hydrogen) atoms. The molecule has 0 aliphatic carbocycles. The first kappa shape index (κ1) is 17.2. The fourth-order valence-corrected chi connectivity index (χ4v) is 2.28. The zero-order valence-corrected chi connectivity index (χ0v) is 13.8. The minimum atomic E-state index is -0.262. The molecular weight excluding hydrogens is 316 g/mol. The Hall–Kier alpha value is -2.18. The summed E-state index contributed by atoms with van der Waals surface area (Å²) in [6.45, 7) is 0.731. The highest BCUT2D eigenvalue weighted by molar-refractivity contribution is 6.30. The second kappa shape index (κ2) is 8.45. The maximum absolute atomic E-state index is 12.2. The maximum atomic E-state index is 12.2. The van der Waals surface area contributed by atoms with E-state index < -0.39 is 0 Å². The molecule has 1 heterocycles. The summed E-state index contributed by atoms with van der Waals surface area (Å²) < 4.78 is 5.43. The minimum absolute atomic E-state index is 0.209. The van der Waals surface area contributed by atoms with Crippen LogP contribution >= 0.6 is 11.6 Å². The van der Waals surface area contributed by atoms with Crippen LogP contribution in [0.3, 0.4) is 0 Å².